The van der Waals surface area contributed by atoms with Crippen LogP contribution in [0.25, 0.3) is 0 Å². The molecule has 7 nitrogen and oxygen atoms in total. The standard InChI is InChI=1S/C12H16N2O5S/c15-7-3-1-2-4-8-20-12-6-5-10(13(16)17)9-11(12)14(18)19/h5-6,9,15H,1-4,7-8H2. The number of nitro benzene ring substituents is 2. The van der Waals surface area contributed by atoms with Gasteiger partial charge in [-0.3, -0.25) is 20.2 Å². The van der Waals surface area contributed by atoms with Crippen molar-refractivity contribution in [2.75, 3.05) is 12.4 Å². The van der Waals surface area contributed by atoms with Crippen molar-refractivity contribution in [2.45, 2.75) is 30.6 Å². The van der Waals surface area contributed by atoms with Crippen molar-refractivity contribution in [3.05, 3.63) is 38.4 Å². The van der Waals surface area contributed by atoms with Crippen LogP contribution in [-0.2, 0) is 0 Å². The van der Waals surface area contributed by atoms with Crippen molar-refractivity contribution in [3.8, 4) is 0 Å². The summed E-state index contributed by atoms with van der Waals surface area (Å²) in [6.07, 6.45) is 3.54. The molecule has 0 aliphatic carbocycles. The number of aliphatic hydroxyl groups excluding tert-OH is 1. The van der Waals surface area contributed by atoms with Crippen LogP contribution in [0.1, 0.15) is 25.7 Å². The van der Waals surface area contributed by atoms with Crippen molar-refractivity contribution < 1.29 is 15.0 Å². The summed E-state index contributed by atoms with van der Waals surface area (Å²) in [4.78, 5) is 20.7. The number of nitrogens with zero attached hydrogens (tertiary/aromatic N) is 2. The van der Waals surface area contributed by atoms with E-state index in [1.54, 1.807) is 0 Å². The quantitative estimate of drug-likeness (QED) is 0.325. The first-order valence-electron chi connectivity index (χ1n) is 6.22. The van der Waals surface area contributed by atoms with Crippen LogP contribution in [-0.4, -0.2) is 27.3 Å². The Morgan fingerprint density at radius 2 is 1.75 bits per heavy atom. The molecule has 1 aromatic carbocycles. The van der Waals surface area contributed by atoms with Gasteiger partial charge in [0.05, 0.1) is 20.8 Å². The molecule has 0 unspecified atom stereocenters. The molecule has 0 amide bonds. The lowest BCUT2D eigenvalue weighted by Crippen LogP contribution is -1.95. The van der Waals surface area contributed by atoms with E-state index in [2.05, 4.69) is 0 Å². The van der Waals surface area contributed by atoms with E-state index in [0.29, 0.717) is 10.6 Å². The number of nitro groups is 2. The molecule has 0 saturated carbocycles. The summed E-state index contributed by atoms with van der Waals surface area (Å²) >= 11 is 1.33. The lowest BCUT2D eigenvalue weighted by molar-refractivity contribution is -0.396. The van der Waals surface area contributed by atoms with Crippen LogP contribution in [0, 0.1) is 20.2 Å². The zero-order valence-electron chi connectivity index (χ0n) is 10.9. The molecule has 0 fully saturated rings. The second-order valence-corrected chi connectivity index (χ2v) is 5.29. The third-order valence-electron chi connectivity index (χ3n) is 2.66. The molecule has 1 N–H and O–H groups in total. The van der Waals surface area contributed by atoms with Crippen LogP contribution in [0.2, 0.25) is 0 Å². The second kappa shape index (κ2) is 8.49. The fraction of sp³-hybridized carbons (Fsp3) is 0.500. The van der Waals surface area contributed by atoms with Crippen molar-refractivity contribution in [2.24, 2.45) is 0 Å². The van der Waals surface area contributed by atoms with Crippen LogP contribution in [0.4, 0.5) is 11.4 Å². The van der Waals surface area contributed by atoms with Crippen LogP contribution >= 0.6 is 11.8 Å². The van der Waals surface area contributed by atoms with E-state index >= 15 is 0 Å². The highest BCUT2D eigenvalue weighted by Gasteiger charge is 2.19. The molecule has 20 heavy (non-hydrogen) atoms. The molecular weight excluding hydrogens is 284 g/mol. The predicted molar refractivity (Wildman–Crippen MR) is 76.0 cm³/mol. The predicted octanol–water partition coefficient (Wildman–Crippen LogP) is 3.15. The van der Waals surface area contributed by atoms with Gasteiger partial charge in [0.2, 0.25) is 0 Å². The molecule has 8 heteroatoms. The average molecular weight is 300 g/mol. The van der Waals surface area contributed by atoms with Gasteiger partial charge in [-0.25, -0.2) is 0 Å². The number of rotatable bonds is 9. The molecule has 0 radical (unpaired) electrons. The van der Waals surface area contributed by atoms with E-state index in [-0.39, 0.29) is 18.0 Å². The number of aliphatic hydroxyl groups is 1. The molecule has 0 saturated heterocycles. The van der Waals surface area contributed by atoms with Gasteiger partial charge in [-0.1, -0.05) is 12.8 Å². The van der Waals surface area contributed by atoms with E-state index < -0.39 is 9.85 Å². The zero-order chi connectivity index (χ0) is 15.0. The SMILES string of the molecule is O=[N+]([O-])c1ccc(SCCCCCCO)c([N+](=O)[O-])c1. The van der Waals surface area contributed by atoms with E-state index in [4.69, 9.17) is 5.11 Å². The van der Waals surface area contributed by atoms with Gasteiger partial charge in [0.1, 0.15) is 0 Å². The van der Waals surface area contributed by atoms with E-state index in [1.165, 1.54) is 23.9 Å². The number of non-ortho nitro benzene ring substituents is 1. The Labute approximate surface area is 120 Å². The third-order valence-corrected chi connectivity index (χ3v) is 3.81. The van der Waals surface area contributed by atoms with Crippen LogP contribution in [0.5, 0.6) is 0 Å². The molecule has 1 aromatic rings. The topological polar surface area (TPSA) is 107 Å². The number of benzene rings is 1. The van der Waals surface area contributed by atoms with Gasteiger partial charge >= 0.3 is 0 Å². The Morgan fingerprint density at radius 3 is 2.35 bits per heavy atom. The van der Waals surface area contributed by atoms with Gasteiger partial charge in [0.15, 0.2) is 0 Å². The molecule has 0 heterocycles. The lowest BCUT2D eigenvalue weighted by Gasteiger charge is -2.03. The minimum absolute atomic E-state index is 0.182. The maximum Gasteiger partial charge on any atom is 0.289 e. The minimum atomic E-state index is -0.643. The van der Waals surface area contributed by atoms with Gasteiger partial charge in [-0.15, -0.1) is 11.8 Å². The molecular formula is C12H16N2O5S. The first-order chi connectivity index (χ1) is 9.56. The number of unbranched alkanes of at least 4 members (excludes halogenated alkanes) is 3. The Hall–Kier alpha value is -1.67. The molecule has 0 spiro atoms. The van der Waals surface area contributed by atoms with Crippen molar-refractivity contribution in [1.29, 1.82) is 0 Å². The molecule has 0 aromatic heterocycles. The highest BCUT2D eigenvalue weighted by atomic mass is 32.2. The largest absolute Gasteiger partial charge is 0.396 e. The van der Waals surface area contributed by atoms with Gasteiger partial charge in [0, 0.05) is 12.7 Å². The van der Waals surface area contributed by atoms with Gasteiger partial charge in [-0.2, -0.15) is 0 Å². The lowest BCUT2D eigenvalue weighted by atomic mass is 10.2. The maximum absolute atomic E-state index is 10.9. The molecule has 0 aliphatic rings. The van der Waals surface area contributed by atoms with Crippen molar-refractivity contribution >= 4 is 23.1 Å². The Kier molecular flexibility index (Phi) is 6.96. The van der Waals surface area contributed by atoms with Crippen LogP contribution in [0.15, 0.2) is 23.1 Å². The monoisotopic (exact) mass is 300 g/mol. The summed E-state index contributed by atoms with van der Waals surface area (Å²) in [5.41, 5.74) is -0.497. The molecule has 0 aliphatic heterocycles. The van der Waals surface area contributed by atoms with Crippen LogP contribution in [0.3, 0.4) is 0 Å². The van der Waals surface area contributed by atoms with Crippen molar-refractivity contribution in [3.63, 3.8) is 0 Å². The Morgan fingerprint density at radius 1 is 1.05 bits per heavy atom. The minimum Gasteiger partial charge on any atom is -0.396 e. The van der Waals surface area contributed by atoms with E-state index in [9.17, 15) is 20.2 Å². The van der Waals surface area contributed by atoms with E-state index in [1.807, 2.05) is 0 Å². The maximum atomic E-state index is 10.9. The van der Waals surface area contributed by atoms with Crippen LogP contribution < -0.4 is 0 Å². The van der Waals surface area contributed by atoms with Gasteiger partial charge in [-0.05, 0) is 24.7 Å². The fourth-order valence-corrected chi connectivity index (χ4v) is 2.65. The Bertz CT molecular complexity index is 481. The molecule has 1 rings (SSSR count). The second-order valence-electron chi connectivity index (χ2n) is 4.15. The average Bonchev–Trinajstić information content (AvgIpc) is 2.42. The fourth-order valence-electron chi connectivity index (χ4n) is 1.63. The first-order valence-corrected chi connectivity index (χ1v) is 7.21. The summed E-state index contributed by atoms with van der Waals surface area (Å²) in [5, 5.41) is 30.1. The van der Waals surface area contributed by atoms with Gasteiger partial charge in [0.25, 0.3) is 11.4 Å². The van der Waals surface area contributed by atoms with Crippen molar-refractivity contribution in [1.82, 2.24) is 0 Å². The number of thioether (sulfide) groups is 1. The summed E-state index contributed by atoms with van der Waals surface area (Å²) < 4.78 is 0. The molecule has 110 valence electrons. The zero-order valence-corrected chi connectivity index (χ0v) is 11.7. The smallest absolute Gasteiger partial charge is 0.289 e. The summed E-state index contributed by atoms with van der Waals surface area (Å²) in [7, 11) is 0. The summed E-state index contributed by atoms with van der Waals surface area (Å²) in [5.74, 6) is 0.712. The Balaban J connectivity index is 2.60. The highest BCUT2D eigenvalue weighted by molar-refractivity contribution is 7.99. The van der Waals surface area contributed by atoms with E-state index in [0.717, 1.165) is 31.7 Å². The number of hydrogen-bond acceptors (Lipinski definition) is 6. The molecule has 0 atom stereocenters. The summed E-state index contributed by atoms with van der Waals surface area (Å²) in [6.45, 7) is 0.182. The summed E-state index contributed by atoms with van der Waals surface area (Å²) in [6, 6.07) is 3.70. The number of hydrogen-bond donors (Lipinski definition) is 1. The normalized spacial score (nSPS) is 10.4. The third kappa shape index (κ3) is 5.14. The molecule has 0 bridgehead atoms. The highest BCUT2D eigenvalue weighted by Crippen LogP contribution is 2.32. The van der Waals surface area contributed by atoms with Gasteiger partial charge < -0.3 is 5.11 Å². The first kappa shape index (κ1) is 16.4.